The van der Waals surface area contributed by atoms with E-state index >= 15 is 0 Å². The monoisotopic (exact) mass is 177 g/mol. The lowest BCUT2D eigenvalue weighted by Gasteiger charge is -2.32. The van der Waals surface area contributed by atoms with E-state index in [4.69, 9.17) is 1.37 Å². The Labute approximate surface area is 81.6 Å². The van der Waals surface area contributed by atoms with Gasteiger partial charge in [-0.25, -0.2) is 4.58 Å². The molecule has 2 aliphatic heterocycles. The average Bonchev–Trinajstić information content (AvgIpc) is 2.63. The third-order valence-electron chi connectivity index (χ3n) is 3.76. The van der Waals surface area contributed by atoms with Crippen LogP contribution in [0.1, 0.15) is 33.5 Å². The van der Waals surface area contributed by atoms with E-state index in [9.17, 15) is 0 Å². The van der Waals surface area contributed by atoms with Gasteiger partial charge in [0, 0.05) is 6.08 Å². The topological polar surface area (TPSA) is 3.01 Å². The van der Waals surface area contributed by atoms with Crippen molar-refractivity contribution in [3.8, 4) is 0 Å². The van der Waals surface area contributed by atoms with Crippen molar-refractivity contribution in [2.75, 3.05) is 13.1 Å². The van der Waals surface area contributed by atoms with Crippen molar-refractivity contribution >= 4 is 5.71 Å². The summed E-state index contributed by atoms with van der Waals surface area (Å²) in [6.07, 6.45) is 11.4. The molecule has 70 valence electrons. The maximum Gasteiger partial charge on any atom is 0.186 e. The largest absolute Gasteiger partial charge is 0.228 e. The van der Waals surface area contributed by atoms with E-state index in [1.54, 1.807) is 0 Å². The summed E-state index contributed by atoms with van der Waals surface area (Å²) in [5, 5.41) is 0. The lowest BCUT2D eigenvalue weighted by molar-refractivity contribution is -0.551. The predicted molar refractivity (Wildman–Crippen MR) is 54.2 cm³/mol. The second-order valence-corrected chi connectivity index (χ2v) is 4.55. The fraction of sp³-hybridized carbons (Fsp3) is 0.750. The number of hydrogen-bond acceptors (Lipinski definition) is 0. The van der Waals surface area contributed by atoms with Crippen LogP contribution in [0.2, 0.25) is 0 Å². The van der Waals surface area contributed by atoms with Crippen LogP contribution in [0.4, 0.5) is 0 Å². The van der Waals surface area contributed by atoms with Gasteiger partial charge in [-0.05, 0) is 24.8 Å². The first-order valence-corrected chi connectivity index (χ1v) is 5.60. The van der Waals surface area contributed by atoms with Gasteiger partial charge in [-0.2, -0.15) is 0 Å². The second-order valence-electron chi connectivity index (χ2n) is 4.55. The van der Waals surface area contributed by atoms with Crippen molar-refractivity contribution in [1.29, 1.82) is 0 Å². The normalized spacial score (nSPS) is 40.2. The molecule has 2 heterocycles. The highest BCUT2D eigenvalue weighted by atomic mass is 15.1. The summed E-state index contributed by atoms with van der Waals surface area (Å²) < 4.78 is 10.3. The molecule has 1 heteroatoms. The van der Waals surface area contributed by atoms with Gasteiger partial charge in [0.1, 0.15) is 7.29 Å². The SMILES string of the molecule is [2H]C1C(C2CCCCC2)C2=[N+]1CC=C2. The summed E-state index contributed by atoms with van der Waals surface area (Å²) in [4.78, 5) is 0. The Morgan fingerprint density at radius 3 is 3.00 bits per heavy atom. The first-order valence-electron chi connectivity index (χ1n) is 6.18. The van der Waals surface area contributed by atoms with Gasteiger partial charge in [0.05, 0.1) is 0 Å². The molecule has 1 fully saturated rings. The van der Waals surface area contributed by atoms with E-state index in [0.717, 1.165) is 12.5 Å². The van der Waals surface area contributed by atoms with Crippen LogP contribution in [-0.2, 0) is 0 Å². The highest BCUT2D eigenvalue weighted by Gasteiger charge is 2.43. The minimum atomic E-state index is 0.0723. The van der Waals surface area contributed by atoms with E-state index in [0.29, 0.717) is 5.92 Å². The van der Waals surface area contributed by atoms with E-state index in [1.165, 1.54) is 37.8 Å². The maximum absolute atomic E-state index is 8.10. The van der Waals surface area contributed by atoms with Gasteiger partial charge in [-0.15, -0.1) is 0 Å². The molecule has 0 aromatic rings. The highest BCUT2D eigenvalue weighted by molar-refractivity contribution is 5.96. The molecule has 1 saturated carbocycles. The van der Waals surface area contributed by atoms with Gasteiger partial charge in [0.15, 0.2) is 18.8 Å². The van der Waals surface area contributed by atoms with Crippen molar-refractivity contribution in [2.24, 2.45) is 11.8 Å². The minimum absolute atomic E-state index is 0.0723. The molecule has 0 bridgehead atoms. The molecule has 3 rings (SSSR count). The Morgan fingerprint density at radius 2 is 2.15 bits per heavy atom. The zero-order chi connectivity index (χ0) is 9.54. The van der Waals surface area contributed by atoms with Crippen molar-refractivity contribution < 1.29 is 5.95 Å². The number of hydrogen-bond donors (Lipinski definition) is 0. The molecule has 13 heavy (non-hydrogen) atoms. The summed E-state index contributed by atoms with van der Waals surface area (Å²) >= 11 is 0. The molecule has 0 amide bonds. The quantitative estimate of drug-likeness (QED) is 0.540. The summed E-state index contributed by atoms with van der Waals surface area (Å²) in [6, 6.07) is 0. The molecule has 0 N–H and O–H groups in total. The molecule has 2 atom stereocenters. The van der Waals surface area contributed by atoms with E-state index in [1.807, 2.05) is 0 Å². The fourth-order valence-electron chi connectivity index (χ4n) is 2.98. The van der Waals surface area contributed by atoms with Gasteiger partial charge in [-0.1, -0.05) is 19.3 Å². The number of allylic oxidation sites excluding steroid dienone is 1. The van der Waals surface area contributed by atoms with E-state index in [2.05, 4.69) is 16.7 Å². The Morgan fingerprint density at radius 1 is 1.31 bits per heavy atom. The van der Waals surface area contributed by atoms with Crippen molar-refractivity contribution in [1.82, 2.24) is 0 Å². The Bertz CT molecular complexity index is 299. The predicted octanol–water partition coefficient (Wildman–Crippen LogP) is 2.22. The molecule has 0 aromatic carbocycles. The van der Waals surface area contributed by atoms with Gasteiger partial charge in [0.25, 0.3) is 0 Å². The lowest BCUT2D eigenvalue weighted by atomic mass is 9.75. The standard InChI is InChI=1S/C12H18N/c1-2-5-10(6-3-1)11-9-13-8-4-7-12(11)13/h4,7,10-11H,1-3,5-6,8-9H2/q+1/i9D. The zero-order valence-electron chi connectivity index (χ0n) is 9.08. The maximum atomic E-state index is 8.10. The van der Waals surface area contributed by atoms with Gasteiger partial charge < -0.3 is 0 Å². The summed E-state index contributed by atoms with van der Waals surface area (Å²) in [7, 11) is 0. The van der Waals surface area contributed by atoms with Gasteiger partial charge in [-0.3, -0.25) is 0 Å². The van der Waals surface area contributed by atoms with Crippen molar-refractivity contribution in [2.45, 2.75) is 32.1 Å². The fourth-order valence-corrected chi connectivity index (χ4v) is 2.98. The molecule has 2 unspecified atom stereocenters. The summed E-state index contributed by atoms with van der Waals surface area (Å²) in [6.45, 7) is 1.07. The minimum Gasteiger partial charge on any atom is -0.228 e. The molecule has 0 spiro atoms. The van der Waals surface area contributed by atoms with Gasteiger partial charge >= 0.3 is 0 Å². The average molecular weight is 177 g/mol. The van der Waals surface area contributed by atoms with Crippen LogP contribution in [0.15, 0.2) is 12.2 Å². The summed E-state index contributed by atoms with van der Waals surface area (Å²) in [5.74, 6) is 1.40. The third-order valence-corrected chi connectivity index (χ3v) is 3.76. The molecule has 0 saturated heterocycles. The number of rotatable bonds is 1. The third kappa shape index (κ3) is 1.17. The van der Waals surface area contributed by atoms with E-state index in [-0.39, 0.29) is 6.52 Å². The van der Waals surface area contributed by atoms with Crippen LogP contribution in [0, 0.1) is 11.8 Å². The first-order chi connectivity index (χ1) is 6.88. The smallest absolute Gasteiger partial charge is 0.186 e. The Balaban J connectivity index is 1.77. The number of nitrogens with zero attached hydrogens (tertiary/aromatic N) is 1. The second kappa shape index (κ2) is 2.97. The highest BCUT2D eigenvalue weighted by Crippen LogP contribution is 2.35. The molecular formula is C12H18N+. The molecule has 1 aliphatic carbocycles. The van der Waals surface area contributed by atoms with Crippen molar-refractivity contribution in [3.63, 3.8) is 0 Å². The molecular weight excluding hydrogens is 158 g/mol. The molecule has 3 aliphatic rings. The first kappa shape index (κ1) is 6.80. The van der Waals surface area contributed by atoms with Crippen molar-refractivity contribution in [3.05, 3.63) is 12.2 Å². The zero-order valence-corrected chi connectivity index (χ0v) is 8.08. The van der Waals surface area contributed by atoms with Crippen LogP contribution in [-0.4, -0.2) is 23.4 Å². The Kier molecular flexibility index (Phi) is 1.55. The van der Waals surface area contributed by atoms with Crippen LogP contribution >= 0.6 is 0 Å². The van der Waals surface area contributed by atoms with Crippen LogP contribution in [0.25, 0.3) is 0 Å². The Hall–Kier alpha value is -0.590. The van der Waals surface area contributed by atoms with E-state index < -0.39 is 0 Å². The molecule has 0 aromatic heterocycles. The summed E-state index contributed by atoms with van der Waals surface area (Å²) in [5.41, 5.74) is 1.47. The van der Waals surface area contributed by atoms with Crippen LogP contribution in [0.5, 0.6) is 0 Å². The van der Waals surface area contributed by atoms with Crippen LogP contribution in [0.3, 0.4) is 0 Å². The lowest BCUT2D eigenvalue weighted by Crippen LogP contribution is -2.45. The molecule has 1 nitrogen and oxygen atoms in total. The van der Waals surface area contributed by atoms with Crippen LogP contribution < -0.4 is 0 Å². The molecule has 0 radical (unpaired) electrons. The van der Waals surface area contributed by atoms with Gasteiger partial charge in [0.2, 0.25) is 0 Å².